The molecule has 0 spiro atoms. The molecule has 1 rings (SSSR count). The zero-order valence-electron chi connectivity index (χ0n) is 9.61. The minimum Gasteiger partial charge on any atom is -0.479 e. The van der Waals surface area contributed by atoms with Gasteiger partial charge in [-0.05, 0) is 27.7 Å². The number of aliphatic hydroxyl groups is 1. The normalized spacial score (nSPS) is 28.7. The molecular weight excluding hydrogens is 198 g/mol. The van der Waals surface area contributed by atoms with Gasteiger partial charge in [0.15, 0.2) is 5.60 Å². The number of hydroxylamine groups is 2. The van der Waals surface area contributed by atoms with Crippen LogP contribution in [0, 0.1) is 0 Å². The van der Waals surface area contributed by atoms with Crippen LogP contribution < -0.4 is 0 Å². The summed E-state index contributed by atoms with van der Waals surface area (Å²) >= 11 is 0. The first-order chi connectivity index (χ1) is 6.51. The van der Waals surface area contributed by atoms with Gasteiger partial charge in [0.1, 0.15) is 0 Å². The van der Waals surface area contributed by atoms with E-state index in [0.29, 0.717) is 0 Å². The summed E-state index contributed by atoms with van der Waals surface area (Å²) in [5, 5.41) is 30.0. The fourth-order valence-electron chi connectivity index (χ4n) is 2.61. The first-order valence-corrected chi connectivity index (χ1v) is 4.96. The molecule has 0 radical (unpaired) electrons. The van der Waals surface area contributed by atoms with Gasteiger partial charge in [-0.1, -0.05) is 0 Å². The van der Waals surface area contributed by atoms with E-state index in [-0.39, 0.29) is 12.8 Å². The molecule has 88 valence electrons. The van der Waals surface area contributed by atoms with Crippen molar-refractivity contribution in [2.24, 2.45) is 0 Å². The van der Waals surface area contributed by atoms with E-state index in [1.807, 2.05) is 0 Å². The second kappa shape index (κ2) is 3.17. The molecule has 0 aromatic rings. The van der Waals surface area contributed by atoms with Crippen LogP contribution in [0.1, 0.15) is 40.5 Å². The summed E-state index contributed by atoms with van der Waals surface area (Å²) in [6.45, 7) is 6.84. The van der Waals surface area contributed by atoms with Crippen LogP contribution in [0.3, 0.4) is 0 Å². The van der Waals surface area contributed by atoms with Crippen LogP contribution in [0.2, 0.25) is 0 Å². The number of nitrogens with zero attached hydrogens (tertiary/aromatic N) is 1. The van der Waals surface area contributed by atoms with Crippen molar-refractivity contribution in [2.75, 3.05) is 0 Å². The third-order valence-corrected chi connectivity index (χ3v) is 2.99. The number of rotatable bonds is 1. The SMILES string of the molecule is CC1(C)CC(O)(C(=O)O)CC(C)(C)N1O. The van der Waals surface area contributed by atoms with Gasteiger partial charge in [0.25, 0.3) is 0 Å². The van der Waals surface area contributed by atoms with Crippen molar-refractivity contribution in [2.45, 2.75) is 57.2 Å². The van der Waals surface area contributed by atoms with Crippen LogP contribution in [-0.2, 0) is 4.79 Å². The maximum Gasteiger partial charge on any atom is 0.335 e. The van der Waals surface area contributed by atoms with Crippen LogP contribution >= 0.6 is 0 Å². The molecule has 1 aliphatic heterocycles. The van der Waals surface area contributed by atoms with Crippen LogP contribution in [0.15, 0.2) is 0 Å². The Morgan fingerprint density at radius 2 is 1.47 bits per heavy atom. The number of hydrogen-bond donors (Lipinski definition) is 3. The van der Waals surface area contributed by atoms with Crippen LogP contribution in [0.4, 0.5) is 0 Å². The van der Waals surface area contributed by atoms with Crippen molar-refractivity contribution >= 4 is 5.97 Å². The Kier molecular flexibility index (Phi) is 2.62. The minimum atomic E-state index is -1.76. The van der Waals surface area contributed by atoms with Crippen molar-refractivity contribution in [1.29, 1.82) is 0 Å². The molecule has 0 bridgehead atoms. The monoisotopic (exact) mass is 217 g/mol. The minimum absolute atomic E-state index is 0.00919. The van der Waals surface area contributed by atoms with Gasteiger partial charge in [-0.15, -0.1) is 0 Å². The molecular formula is C10H19NO4. The molecule has 5 heteroatoms. The maximum absolute atomic E-state index is 11.0. The van der Waals surface area contributed by atoms with E-state index in [2.05, 4.69) is 0 Å². The zero-order chi connectivity index (χ0) is 12.1. The molecule has 1 saturated heterocycles. The number of aliphatic carboxylic acids is 1. The summed E-state index contributed by atoms with van der Waals surface area (Å²) in [7, 11) is 0. The van der Waals surface area contributed by atoms with Gasteiger partial charge in [-0.3, -0.25) is 0 Å². The molecule has 0 aromatic heterocycles. The van der Waals surface area contributed by atoms with E-state index < -0.39 is 22.6 Å². The molecule has 0 atom stereocenters. The summed E-state index contributed by atoms with van der Waals surface area (Å²) in [6.07, 6.45) is 0.0184. The number of carboxylic acid groups (broad SMARTS) is 1. The van der Waals surface area contributed by atoms with E-state index in [4.69, 9.17) is 5.11 Å². The second-order valence-corrected chi connectivity index (χ2v) is 5.63. The summed E-state index contributed by atoms with van der Waals surface area (Å²) in [6, 6.07) is 0. The summed E-state index contributed by atoms with van der Waals surface area (Å²) in [5.41, 5.74) is -3.27. The number of carboxylic acids is 1. The molecule has 1 aliphatic rings. The molecule has 0 amide bonds. The molecule has 15 heavy (non-hydrogen) atoms. The van der Waals surface area contributed by atoms with E-state index >= 15 is 0 Å². The Morgan fingerprint density at radius 1 is 1.13 bits per heavy atom. The largest absolute Gasteiger partial charge is 0.479 e. The summed E-state index contributed by atoms with van der Waals surface area (Å²) in [4.78, 5) is 11.0. The first-order valence-electron chi connectivity index (χ1n) is 4.96. The highest BCUT2D eigenvalue weighted by Crippen LogP contribution is 2.42. The van der Waals surface area contributed by atoms with Crippen molar-refractivity contribution in [3.63, 3.8) is 0 Å². The lowest BCUT2D eigenvalue weighted by atomic mass is 9.72. The predicted molar refractivity (Wildman–Crippen MR) is 53.6 cm³/mol. The highest BCUT2D eigenvalue weighted by molar-refractivity contribution is 5.77. The summed E-state index contributed by atoms with van der Waals surface area (Å²) < 4.78 is 0. The molecule has 5 nitrogen and oxygen atoms in total. The maximum atomic E-state index is 11.0. The van der Waals surface area contributed by atoms with E-state index in [0.717, 1.165) is 5.06 Å². The Balaban J connectivity index is 3.09. The summed E-state index contributed by atoms with van der Waals surface area (Å²) in [5.74, 6) is -1.23. The lowest BCUT2D eigenvalue weighted by Gasteiger charge is -2.53. The van der Waals surface area contributed by atoms with Gasteiger partial charge in [0.05, 0.1) is 0 Å². The first kappa shape index (κ1) is 12.4. The Hall–Kier alpha value is -0.650. The molecule has 3 N–H and O–H groups in total. The van der Waals surface area contributed by atoms with Crippen molar-refractivity contribution in [1.82, 2.24) is 5.06 Å². The van der Waals surface area contributed by atoms with Gasteiger partial charge >= 0.3 is 5.97 Å². The standard InChI is InChI=1S/C10H19NO4/c1-8(2)5-10(14,7(12)13)6-9(3,4)11(8)15/h14-15H,5-6H2,1-4H3,(H,12,13). The van der Waals surface area contributed by atoms with E-state index in [1.165, 1.54) is 0 Å². The smallest absolute Gasteiger partial charge is 0.335 e. The molecule has 1 fully saturated rings. The van der Waals surface area contributed by atoms with Gasteiger partial charge in [-0.2, -0.15) is 5.06 Å². The average molecular weight is 217 g/mol. The number of carbonyl (C=O) groups is 1. The Morgan fingerprint density at radius 3 is 1.73 bits per heavy atom. The Bertz CT molecular complexity index is 267. The van der Waals surface area contributed by atoms with Crippen LogP contribution in [0.5, 0.6) is 0 Å². The predicted octanol–water partition coefficient (Wildman–Crippen LogP) is 0.844. The molecule has 0 saturated carbocycles. The van der Waals surface area contributed by atoms with Crippen LogP contribution in [-0.4, -0.2) is 43.1 Å². The lowest BCUT2D eigenvalue weighted by molar-refractivity contribution is -0.274. The third-order valence-electron chi connectivity index (χ3n) is 2.99. The second-order valence-electron chi connectivity index (χ2n) is 5.63. The Labute approximate surface area is 89.3 Å². The quantitative estimate of drug-likeness (QED) is 0.606. The topological polar surface area (TPSA) is 81.0 Å². The molecule has 1 heterocycles. The fourth-order valence-corrected chi connectivity index (χ4v) is 2.61. The van der Waals surface area contributed by atoms with E-state index in [1.54, 1.807) is 27.7 Å². The number of piperidine rings is 1. The average Bonchev–Trinajstić information content (AvgIpc) is 1.98. The fraction of sp³-hybridized carbons (Fsp3) is 0.900. The molecule has 0 unspecified atom stereocenters. The van der Waals surface area contributed by atoms with Crippen molar-refractivity contribution in [3.05, 3.63) is 0 Å². The van der Waals surface area contributed by atoms with E-state index in [9.17, 15) is 15.1 Å². The molecule has 0 aromatic carbocycles. The highest BCUT2D eigenvalue weighted by Gasteiger charge is 2.55. The van der Waals surface area contributed by atoms with Crippen molar-refractivity contribution in [3.8, 4) is 0 Å². The van der Waals surface area contributed by atoms with Gasteiger partial charge in [-0.25, -0.2) is 4.79 Å². The number of hydrogen-bond acceptors (Lipinski definition) is 4. The third kappa shape index (κ3) is 2.00. The lowest BCUT2D eigenvalue weighted by Crippen LogP contribution is -2.66. The van der Waals surface area contributed by atoms with Crippen molar-refractivity contribution < 1.29 is 20.2 Å². The zero-order valence-corrected chi connectivity index (χ0v) is 9.61. The van der Waals surface area contributed by atoms with Crippen LogP contribution in [0.25, 0.3) is 0 Å². The van der Waals surface area contributed by atoms with Gasteiger partial charge < -0.3 is 15.4 Å². The molecule has 0 aliphatic carbocycles. The van der Waals surface area contributed by atoms with Gasteiger partial charge in [0, 0.05) is 23.9 Å². The highest BCUT2D eigenvalue weighted by atomic mass is 16.5. The van der Waals surface area contributed by atoms with Gasteiger partial charge in [0.2, 0.25) is 0 Å².